The number of carbonyl (C=O) groups is 1. The lowest BCUT2D eigenvalue weighted by Crippen LogP contribution is -2.27. The minimum atomic E-state index is -4.57. The molecule has 3 aromatic rings. The van der Waals surface area contributed by atoms with Gasteiger partial charge in [-0.1, -0.05) is 24.3 Å². The number of nitrogens with zero attached hydrogens (tertiary/aromatic N) is 2. The first-order valence-corrected chi connectivity index (χ1v) is 8.61. The molecular formula is C20H15F4N3O3. The fourth-order valence-corrected chi connectivity index (χ4v) is 2.61. The van der Waals surface area contributed by atoms with E-state index in [-0.39, 0.29) is 22.8 Å². The van der Waals surface area contributed by atoms with Crippen molar-refractivity contribution in [2.75, 3.05) is 11.9 Å². The summed E-state index contributed by atoms with van der Waals surface area (Å²) in [5, 5.41) is 6.26. The first kappa shape index (κ1) is 21.0. The summed E-state index contributed by atoms with van der Waals surface area (Å²) in [6, 6.07) is 12.2. The minimum absolute atomic E-state index is 0.0259. The molecule has 30 heavy (non-hydrogen) atoms. The number of alkyl halides is 3. The molecule has 10 heteroatoms. The van der Waals surface area contributed by atoms with E-state index in [0.29, 0.717) is 0 Å². The first-order valence-electron chi connectivity index (χ1n) is 8.61. The zero-order chi connectivity index (χ0) is 21.9. The fraction of sp³-hybridized carbons (Fsp3) is 0.150. The third-order valence-corrected chi connectivity index (χ3v) is 3.93. The van der Waals surface area contributed by atoms with Crippen LogP contribution in [-0.4, -0.2) is 28.5 Å². The molecule has 0 saturated carbocycles. The number of aryl methyl sites for hydroxylation is 1. The molecule has 0 unspecified atom stereocenters. The Bertz CT molecular complexity index is 1140. The topological polar surface area (TPSA) is 73.2 Å². The quantitative estimate of drug-likeness (QED) is 0.635. The summed E-state index contributed by atoms with van der Waals surface area (Å²) in [5.74, 6) is -1.83. The number of benzene rings is 2. The number of amides is 1. The van der Waals surface area contributed by atoms with Crippen LogP contribution in [0.25, 0.3) is 5.69 Å². The van der Waals surface area contributed by atoms with E-state index in [9.17, 15) is 27.2 Å². The highest BCUT2D eigenvalue weighted by molar-refractivity contribution is 6.03. The number of aromatic nitrogens is 2. The molecule has 0 aliphatic carbocycles. The SMILES string of the molecule is Cc1cc(=O)c(C(=O)Nc2ccccc2OCC(F)(F)F)nn1-c1ccccc1F. The second-order valence-corrected chi connectivity index (χ2v) is 6.22. The third kappa shape index (κ3) is 4.83. The molecule has 1 aromatic heterocycles. The van der Waals surface area contributed by atoms with Crippen molar-refractivity contribution in [2.24, 2.45) is 0 Å². The maximum Gasteiger partial charge on any atom is 0.422 e. The Morgan fingerprint density at radius 3 is 2.50 bits per heavy atom. The molecular weight excluding hydrogens is 406 g/mol. The third-order valence-electron chi connectivity index (χ3n) is 3.93. The van der Waals surface area contributed by atoms with Crippen molar-refractivity contribution in [3.05, 3.63) is 82.0 Å². The summed E-state index contributed by atoms with van der Waals surface area (Å²) >= 11 is 0. The van der Waals surface area contributed by atoms with Crippen LogP contribution in [0.1, 0.15) is 16.2 Å². The van der Waals surface area contributed by atoms with Gasteiger partial charge in [-0.05, 0) is 31.2 Å². The van der Waals surface area contributed by atoms with Crippen LogP contribution in [0.4, 0.5) is 23.2 Å². The Morgan fingerprint density at radius 1 is 1.13 bits per heavy atom. The Hall–Kier alpha value is -3.69. The largest absolute Gasteiger partial charge is 0.482 e. The van der Waals surface area contributed by atoms with Gasteiger partial charge in [0, 0.05) is 11.8 Å². The maximum absolute atomic E-state index is 14.1. The lowest BCUT2D eigenvalue weighted by molar-refractivity contribution is -0.153. The van der Waals surface area contributed by atoms with Crippen LogP contribution in [0.3, 0.4) is 0 Å². The molecule has 1 amide bonds. The lowest BCUT2D eigenvalue weighted by Gasteiger charge is -2.14. The Balaban J connectivity index is 1.93. The van der Waals surface area contributed by atoms with E-state index in [1.807, 2.05) is 0 Å². The smallest absolute Gasteiger partial charge is 0.422 e. The normalized spacial score (nSPS) is 11.2. The van der Waals surface area contributed by atoms with Crippen LogP contribution >= 0.6 is 0 Å². The molecule has 1 N–H and O–H groups in total. The van der Waals surface area contributed by atoms with Crippen LogP contribution < -0.4 is 15.5 Å². The van der Waals surface area contributed by atoms with Crippen molar-refractivity contribution in [2.45, 2.75) is 13.1 Å². The standard InChI is InChI=1S/C20H15F4N3O3/c1-12-10-16(28)18(26-27(12)15-8-4-2-6-13(15)21)19(29)25-14-7-3-5-9-17(14)30-11-20(22,23)24/h2-10H,11H2,1H3,(H,25,29). The average Bonchev–Trinajstić information content (AvgIpc) is 2.67. The molecule has 0 radical (unpaired) electrons. The number of hydrogen-bond acceptors (Lipinski definition) is 4. The van der Waals surface area contributed by atoms with Gasteiger partial charge in [-0.15, -0.1) is 0 Å². The van der Waals surface area contributed by atoms with Crippen molar-refractivity contribution in [3.63, 3.8) is 0 Å². The van der Waals surface area contributed by atoms with Crippen molar-refractivity contribution in [1.82, 2.24) is 9.78 Å². The molecule has 0 aliphatic heterocycles. The van der Waals surface area contributed by atoms with Gasteiger partial charge in [-0.25, -0.2) is 9.07 Å². The van der Waals surface area contributed by atoms with Gasteiger partial charge in [0.25, 0.3) is 5.91 Å². The van der Waals surface area contributed by atoms with Gasteiger partial charge in [0.05, 0.1) is 5.69 Å². The zero-order valence-corrected chi connectivity index (χ0v) is 15.5. The molecule has 6 nitrogen and oxygen atoms in total. The van der Waals surface area contributed by atoms with E-state index in [0.717, 1.165) is 10.7 Å². The number of carbonyl (C=O) groups excluding carboxylic acids is 1. The predicted molar refractivity (Wildman–Crippen MR) is 100 cm³/mol. The van der Waals surface area contributed by atoms with Gasteiger partial charge >= 0.3 is 6.18 Å². The van der Waals surface area contributed by atoms with Gasteiger partial charge in [-0.3, -0.25) is 9.59 Å². The van der Waals surface area contributed by atoms with Gasteiger partial charge in [0.1, 0.15) is 17.3 Å². The van der Waals surface area contributed by atoms with E-state index in [1.165, 1.54) is 49.4 Å². The van der Waals surface area contributed by atoms with Crippen LogP contribution in [0.5, 0.6) is 5.75 Å². The van der Waals surface area contributed by atoms with Crippen LogP contribution in [0, 0.1) is 12.7 Å². The van der Waals surface area contributed by atoms with Gasteiger partial charge in [-0.2, -0.15) is 18.3 Å². The van der Waals surface area contributed by atoms with E-state index in [2.05, 4.69) is 10.4 Å². The van der Waals surface area contributed by atoms with E-state index < -0.39 is 35.6 Å². The Kier molecular flexibility index (Phi) is 5.86. The van der Waals surface area contributed by atoms with Gasteiger partial charge in [0.2, 0.25) is 5.43 Å². The highest BCUT2D eigenvalue weighted by Crippen LogP contribution is 2.26. The average molecular weight is 421 g/mol. The fourth-order valence-electron chi connectivity index (χ4n) is 2.61. The second kappa shape index (κ2) is 8.36. The van der Waals surface area contributed by atoms with E-state index in [4.69, 9.17) is 4.74 Å². The summed E-state index contributed by atoms with van der Waals surface area (Å²) in [7, 11) is 0. The Labute approximate surface area is 167 Å². The molecule has 1 heterocycles. The first-order chi connectivity index (χ1) is 14.2. The lowest BCUT2D eigenvalue weighted by atomic mass is 10.2. The monoisotopic (exact) mass is 421 g/mol. The highest BCUT2D eigenvalue weighted by Gasteiger charge is 2.29. The minimum Gasteiger partial charge on any atom is -0.482 e. The number of ether oxygens (including phenoxy) is 1. The zero-order valence-electron chi connectivity index (χ0n) is 15.5. The van der Waals surface area contributed by atoms with Crippen molar-refractivity contribution in [3.8, 4) is 11.4 Å². The number of hydrogen-bond donors (Lipinski definition) is 1. The van der Waals surface area contributed by atoms with E-state index in [1.54, 1.807) is 6.07 Å². The highest BCUT2D eigenvalue weighted by atomic mass is 19.4. The molecule has 0 spiro atoms. The van der Waals surface area contributed by atoms with Crippen LogP contribution in [0.15, 0.2) is 59.4 Å². The number of anilines is 1. The molecule has 3 rings (SSSR count). The predicted octanol–water partition coefficient (Wildman–Crippen LogP) is 3.87. The summed E-state index contributed by atoms with van der Waals surface area (Å²) in [5.41, 5.74) is -1.06. The van der Waals surface area contributed by atoms with Crippen molar-refractivity contribution in [1.29, 1.82) is 0 Å². The molecule has 0 atom stereocenters. The van der Waals surface area contributed by atoms with Crippen molar-refractivity contribution >= 4 is 11.6 Å². The molecule has 0 aliphatic rings. The second-order valence-electron chi connectivity index (χ2n) is 6.22. The number of halogens is 4. The van der Waals surface area contributed by atoms with Gasteiger partial charge < -0.3 is 10.1 Å². The summed E-state index contributed by atoms with van der Waals surface area (Å²) in [6.07, 6.45) is -4.57. The molecule has 0 fully saturated rings. The van der Waals surface area contributed by atoms with Crippen molar-refractivity contribution < 1.29 is 27.1 Å². The number of rotatable bonds is 5. The van der Waals surface area contributed by atoms with Gasteiger partial charge in [0.15, 0.2) is 12.3 Å². The summed E-state index contributed by atoms with van der Waals surface area (Å²) in [6.45, 7) is -0.0362. The van der Waals surface area contributed by atoms with Crippen LogP contribution in [0.2, 0.25) is 0 Å². The Morgan fingerprint density at radius 2 is 1.80 bits per heavy atom. The summed E-state index contributed by atoms with van der Waals surface area (Å²) < 4.78 is 57.2. The number of nitrogens with one attached hydrogen (secondary N) is 1. The molecule has 0 bridgehead atoms. The molecule has 2 aromatic carbocycles. The number of para-hydroxylation sites is 3. The molecule has 0 saturated heterocycles. The van der Waals surface area contributed by atoms with Crippen LogP contribution in [-0.2, 0) is 0 Å². The molecule has 156 valence electrons. The maximum atomic E-state index is 14.1. The van der Waals surface area contributed by atoms with E-state index >= 15 is 0 Å². The summed E-state index contributed by atoms with van der Waals surface area (Å²) in [4.78, 5) is 24.9.